The maximum Gasteiger partial charge on any atom is 0.268 e. The van der Waals surface area contributed by atoms with Gasteiger partial charge in [-0.25, -0.2) is 0 Å². The summed E-state index contributed by atoms with van der Waals surface area (Å²) in [5.74, 6) is 1.57. The maximum atomic E-state index is 6.26. The predicted octanol–water partition coefficient (Wildman–Crippen LogP) is 7.89. The normalized spacial score (nSPS) is 10.9. The summed E-state index contributed by atoms with van der Waals surface area (Å²) in [5, 5.41) is 0. The van der Waals surface area contributed by atoms with Crippen molar-refractivity contribution in [3.63, 3.8) is 0 Å². The molecule has 64 heavy (non-hydrogen) atoms. The molecular formula is C50H36N10O2Pt2-4. The van der Waals surface area contributed by atoms with Crippen LogP contribution in [-0.2, 0) is 42.1 Å². The fraction of sp³-hybridized carbons (Fsp3) is 0.0800. The second-order valence-electron chi connectivity index (χ2n) is 14.7. The smallest absolute Gasteiger partial charge is 0.268 e. The van der Waals surface area contributed by atoms with E-state index in [4.69, 9.17) is 9.47 Å². The number of ether oxygens (including phenoxy) is 2. The zero-order valence-corrected chi connectivity index (χ0v) is 39.3. The fourth-order valence-electron chi connectivity index (χ4n) is 7.08. The van der Waals surface area contributed by atoms with Crippen molar-refractivity contribution >= 4 is 33.4 Å². The van der Waals surface area contributed by atoms with Gasteiger partial charge in [-0.3, -0.25) is 9.13 Å². The standard InChI is InChI=1S/C50H36N10O2.2Pt/c1-55(2)35-11-9-13-37(23-35)57-33-59(49-17-7-5-15-47(49)57)39-25-43(31-51-29-39)61-41-19-21-53-45(27-41)46-28-42(20-22-54-46)62-44-26-40(30-52-32-44)60-34-58(48-16-6-8-18-50(48)60)38-14-10-12-36(24-38)56(3)4;;/h5-24,29-32H,1-4H3;;/q-4;;. The molecule has 6 aromatic heterocycles. The van der Waals surface area contributed by atoms with Crippen molar-refractivity contribution < 1.29 is 60.7 Å². The molecule has 14 heteroatoms. The van der Waals surface area contributed by atoms with Gasteiger partial charge < -0.3 is 48.3 Å². The monoisotopic (exact) mass is 1200 g/mol. The molecule has 0 aliphatic carbocycles. The van der Waals surface area contributed by atoms with Crippen LogP contribution < -0.4 is 28.4 Å². The Kier molecular flexibility index (Phi) is 12.8. The van der Waals surface area contributed by atoms with Crippen LogP contribution in [0.4, 0.5) is 11.4 Å². The van der Waals surface area contributed by atoms with Crippen molar-refractivity contribution in [2.75, 3.05) is 38.0 Å². The van der Waals surface area contributed by atoms with Gasteiger partial charge in [0.15, 0.2) is 0 Å². The number of anilines is 2. The maximum absolute atomic E-state index is 6.26. The van der Waals surface area contributed by atoms with Gasteiger partial charge in [0.2, 0.25) is 0 Å². The molecule has 0 aliphatic rings. The van der Waals surface area contributed by atoms with Gasteiger partial charge in [0, 0.05) is 105 Å². The molecule has 12 nitrogen and oxygen atoms in total. The fourth-order valence-corrected chi connectivity index (χ4v) is 7.08. The van der Waals surface area contributed by atoms with Crippen molar-refractivity contribution in [1.29, 1.82) is 0 Å². The molecule has 0 saturated heterocycles. The third-order valence-corrected chi connectivity index (χ3v) is 10.1. The van der Waals surface area contributed by atoms with Gasteiger partial charge in [-0.05, 0) is 72.6 Å². The average molecular weight is 1200 g/mol. The van der Waals surface area contributed by atoms with Crippen LogP contribution in [-0.4, -0.2) is 57.3 Å². The van der Waals surface area contributed by atoms with E-state index in [2.05, 4.69) is 115 Å². The van der Waals surface area contributed by atoms with Gasteiger partial charge in [-0.2, -0.15) is 12.1 Å². The number of hydrogen-bond donors (Lipinski definition) is 0. The van der Waals surface area contributed by atoms with Crippen LogP contribution in [0, 0.1) is 36.9 Å². The number of para-hydroxylation sites is 4. The van der Waals surface area contributed by atoms with E-state index in [0.29, 0.717) is 45.8 Å². The zero-order chi connectivity index (χ0) is 42.2. The largest absolute Gasteiger partial charge is 0.509 e. The van der Waals surface area contributed by atoms with Gasteiger partial charge in [-0.15, -0.1) is 35.7 Å². The topological polar surface area (TPSA) is 94.1 Å². The van der Waals surface area contributed by atoms with Crippen LogP contribution in [0.3, 0.4) is 0 Å². The minimum atomic E-state index is 0. The Morgan fingerprint density at radius 3 is 1.36 bits per heavy atom. The molecule has 10 rings (SSSR count). The van der Waals surface area contributed by atoms with E-state index in [0.717, 1.165) is 44.8 Å². The van der Waals surface area contributed by atoms with Gasteiger partial charge >= 0.3 is 0 Å². The van der Waals surface area contributed by atoms with Crippen LogP contribution in [0.25, 0.3) is 56.2 Å². The van der Waals surface area contributed by atoms with E-state index in [1.54, 1.807) is 49.3 Å². The first-order valence-corrected chi connectivity index (χ1v) is 19.7. The van der Waals surface area contributed by atoms with E-state index < -0.39 is 0 Å². The second kappa shape index (κ2) is 18.8. The molecular weight excluding hydrogens is 1160 g/mol. The van der Waals surface area contributed by atoms with Crippen molar-refractivity contribution in [3.05, 3.63) is 183 Å². The molecule has 0 bridgehead atoms. The molecule has 0 unspecified atom stereocenters. The van der Waals surface area contributed by atoms with Gasteiger partial charge in [0.1, 0.15) is 0 Å². The molecule has 4 aromatic carbocycles. The Labute approximate surface area is 399 Å². The van der Waals surface area contributed by atoms with Crippen molar-refractivity contribution in [3.8, 4) is 57.1 Å². The van der Waals surface area contributed by atoms with Crippen LogP contribution in [0.1, 0.15) is 0 Å². The molecule has 0 aliphatic heterocycles. The van der Waals surface area contributed by atoms with Gasteiger partial charge in [0.25, 0.3) is 12.7 Å². The summed E-state index contributed by atoms with van der Waals surface area (Å²) in [6.45, 7) is 0. The number of nitrogens with zero attached hydrogens (tertiary/aromatic N) is 10. The first kappa shape index (κ1) is 43.6. The minimum absolute atomic E-state index is 0. The van der Waals surface area contributed by atoms with E-state index in [-0.39, 0.29) is 42.1 Å². The van der Waals surface area contributed by atoms with Crippen molar-refractivity contribution in [2.45, 2.75) is 0 Å². The van der Waals surface area contributed by atoms with Crippen LogP contribution >= 0.6 is 0 Å². The molecule has 0 saturated carbocycles. The van der Waals surface area contributed by atoms with Crippen molar-refractivity contribution in [1.82, 2.24) is 29.1 Å². The second-order valence-corrected chi connectivity index (χ2v) is 14.7. The summed E-state index contributed by atoms with van der Waals surface area (Å²) in [7, 11) is 8.10. The Hall–Kier alpha value is -7.00. The Balaban J connectivity index is 0.00000280. The van der Waals surface area contributed by atoms with Crippen molar-refractivity contribution in [2.24, 2.45) is 0 Å². The van der Waals surface area contributed by atoms with E-state index in [1.807, 2.05) is 95.0 Å². The van der Waals surface area contributed by atoms with Gasteiger partial charge in [-0.1, -0.05) is 73.1 Å². The first-order valence-electron chi connectivity index (χ1n) is 19.7. The number of hydrogen-bond acceptors (Lipinski definition) is 8. The summed E-state index contributed by atoms with van der Waals surface area (Å²) in [6.07, 6.45) is 16.9. The van der Waals surface area contributed by atoms with E-state index in [1.165, 1.54) is 0 Å². The summed E-state index contributed by atoms with van der Waals surface area (Å²) in [4.78, 5) is 22.2. The summed E-state index contributed by atoms with van der Waals surface area (Å²) in [6, 6.07) is 49.4. The molecule has 0 atom stereocenters. The van der Waals surface area contributed by atoms with Crippen LogP contribution in [0.2, 0.25) is 0 Å². The van der Waals surface area contributed by atoms with E-state index in [9.17, 15) is 0 Å². The zero-order valence-electron chi connectivity index (χ0n) is 34.8. The Morgan fingerprint density at radius 2 is 0.922 bits per heavy atom. The first-order chi connectivity index (χ1) is 30.3. The number of pyridine rings is 4. The van der Waals surface area contributed by atoms with Crippen LogP contribution in [0.5, 0.6) is 23.0 Å². The van der Waals surface area contributed by atoms with Crippen LogP contribution in [0.15, 0.2) is 146 Å². The minimum Gasteiger partial charge on any atom is -0.509 e. The summed E-state index contributed by atoms with van der Waals surface area (Å²) >= 11 is 0. The molecule has 6 heterocycles. The molecule has 0 spiro atoms. The molecule has 0 N–H and O–H groups in total. The molecule has 0 radical (unpaired) electrons. The molecule has 10 aromatic rings. The molecule has 322 valence electrons. The Bertz CT molecular complexity index is 3040. The quantitative estimate of drug-likeness (QED) is 0.0955. The number of rotatable bonds is 11. The van der Waals surface area contributed by atoms with Gasteiger partial charge in [0.05, 0.1) is 33.4 Å². The average Bonchev–Trinajstić information content (AvgIpc) is 3.90. The number of imidazole rings is 2. The third kappa shape index (κ3) is 8.80. The Morgan fingerprint density at radius 1 is 0.484 bits per heavy atom. The number of fused-ring (bicyclic) bond motifs is 2. The summed E-state index contributed by atoms with van der Waals surface area (Å²) < 4.78 is 20.4. The summed E-state index contributed by atoms with van der Waals surface area (Å²) in [5.41, 5.74) is 10.1. The molecule has 0 amide bonds. The molecule has 0 fully saturated rings. The third-order valence-electron chi connectivity index (χ3n) is 10.1. The number of benzene rings is 4. The predicted molar refractivity (Wildman–Crippen MR) is 234 cm³/mol. The SMILES string of the molecule is CN(C)c1cccc(-n2[c-][n+](-c3[c-]c(Oc4[c-]c(-c5[c-]c(Oc6[c-]c(-[n+]7[c-]n(-c8cccc(N(C)C)c8)c8ccccc87)cnc6)ccn5)ncc4)cnc3)c3ccccc32)c1.[Pt].[Pt]. The number of aromatic nitrogens is 8. The van der Waals surface area contributed by atoms with E-state index >= 15 is 0 Å².